The Kier molecular flexibility index (Phi) is 2.72. The molecule has 2 aromatic rings. The molecule has 2 rings (SSSR count). The van der Waals surface area contributed by atoms with Crippen LogP contribution in [0.25, 0.3) is 11.3 Å². The van der Waals surface area contributed by atoms with Gasteiger partial charge in [0, 0.05) is 5.56 Å². The van der Waals surface area contributed by atoms with Gasteiger partial charge in [0.2, 0.25) is 0 Å². The van der Waals surface area contributed by atoms with Crippen LogP contribution in [0.5, 0.6) is 5.75 Å². The molecular weight excluding hydrogens is 216 g/mol. The molecule has 6 heteroatoms. The minimum atomic E-state index is -2.84. The first-order valence-corrected chi connectivity index (χ1v) is 4.51. The SMILES string of the molecule is Nc1cn[nH]c1-c1cccc(OC(F)F)c1. The third kappa shape index (κ3) is 2.10. The highest BCUT2D eigenvalue weighted by Gasteiger charge is 2.08. The summed E-state index contributed by atoms with van der Waals surface area (Å²) in [4.78, 5) is 0. The van der Waals surface area contributed by atoms with E-state index in [-0.39, 0.29) is 5.75 Å². The number of nitrogens with zero attached hydrogens (tertiary/aromatic N) is 1. The maximum absolute atomic E-state index is 12.0. The number of benzene rings is 1. The van der Waals surface area contributed by atoms with E-state index >= 15 is 0 Å². The molecule has 0 aliphatic heterocycles. The van der Waals surface area contributed by atoms with Crippen LogP contribution >= 0.6 is 0 Å². The third-order valence-electron chi connectivity index (χ3n) is 2.02. The minimum Gasteiger partial charge on any atom is -0.435 e. The molecule has 1 aromatic carbocycles. The van der Waals surface area contributed by atoms with E-state index in [9.17, 15) is 8.78 Å². The largest absolute Gasteiger partial charge is 0.435 e. The zero-order valence-corrected chi connectivity index (χ0v) is 8.15. The Morgan fingerprint density at radius 2 is 2.19 bits per heavy atom. The quantitative estimate of drug-likeness (QED) is 0.842. The highest BCUT2D eigenvalue weighted by atomic mass is 19.3. The fourth-order valence-electron chi connectivity index (χ4n) is 1.35. The highest BCUT2D eigenvalue weighted by molar-refractivity contribution is 5.72. The van der Waals surface area contributed by atoms with Crippen LogP contribution in [-0.2, 0) is 0 Å². The van der Waals surface area contributed by atoms with E-state index in [1.165, 1.54) is 18.3 Å². The van der Waals surface area contributed by atoms with Gasteiger partial charge in [-0.15, -0.1) is 0 Å². The number of rotatable bonds is 3. The van der Waals surface area contributed by atoms with Crippen molar-refractivity contribution in [2.45, 2.75) is 6.61 Å². The van der Waals surface area contributed by atoms with Crippen LogP contribution in [-0.4, -0.2) is 16.8 Å². The molecule has 4 nitrogen and oxygen atoms in total. The van der Waals surface area contributed by atoms with Crippen molar-refractivity contribution in [3.8, 4) is 17.0 Å². The molecule has 0 radical (unpaired) electrons. The number of nitrogen functional groups attached to an aromatic ring is 1. The predicted molar refractivity (Wildman–Crippen MR) is 55.1 cm³/mol. The first-order chi connectivity index (χ1) is 7.66. The fraction of sp³-hybridized carbons (Fsp3) is 0.100. The summed E-state index contributed by atoms with van der Waals surface area (Å²) in [6.45, 7) is -2.84. The van der Waals surface area contributed by atoms with Gasteiger partial charge in [0.05, 0.1) is 17.6 Å². The number of nitrogens with one attached hydrogen (secondary N) is 1. The van der Waals surface area contributed by atoms with Crippen molar-refractivity contribution in [3.05, 3.63) is 30.5 Å². The number of H-pyrrole nitrogens is 1. The Hall–Kier alpha value is -2.11. The van der Waals surface area contributed by atoms with E-state index in [0.29, 0.717) is 16.9 Å². The molecule has 0 amide bonds. The van der Waals surface area contributed by atoms with Crippen LogP contribution in [0.3, 0.4) is 0 Å². The number of aromatic amines is 1. The summed E-state index contributed by atoms with van der Waals surface area (Å²) in [6.07, 6.45) is 1.45. The molecule has 0 bridgehead atoms. The first kappa shape index (κ1) is 10.4. The number of alkyl halides is 2. The Morgan fingerprint density at radius 3 is 2.81 bits per heavy atom. The Labute approximate surface area is 90.0 Å². The van der Waals surface area contributed by atoms with Crippen LogP contribution in [0.1, 0.15) is 0 Å². The summed E-state index contributed by atoms with van der Waals surface area (Å²) in [5.74, 6) is 0.0847. The van der Waals surface area contributed by atoms with Crippen molar-refractivity contribution in [1.82, 2.24) is 10.2 Å². The molecule has 3 N–H and O–H groups in total. The van der Waals surface area contributed by atoms with Crippen molar-refractivity contribution in [1.29, 1.82) is 0 Å². The number of nitrogens with two attached hydrogens (primary N) is 1. The maximum Gasteiger partial charge on any atom is 0.387 e. The zero-order chi connectivity index (χ0) is 11.5. The summed E-state index contributed by atoms with van der Waals surface area (Å²) in [7, 11) is 0. The Balaban J connectivity index is 2.33. The molecule has 84 valence electrons. The van der Waals surface area contributed by atoms with E-state index in [0.717, 1.165) is 0 Å². The molecule has 0 aliphatic rings. The fourth-order valence-corrected chi connectivity index (χ4v) is 1.35. The van der Waals surface area contributed by atoms with Crippen molar-refractivity contribution in [2.24, 2.45) is 0 Å². The molecule has 16 heavy (non-hydrogen) atoms. The van der Waals surface area contributed by atoms with Gasteiger partial charge >= 0.3 is 6.61 Å². The maximum atomic E-state index is 12.0. The van der Waals surface area contributed by atoms with Gasteiger partial charge < -0.3 is 10.5 Å². The average molecular weight is 225 g/mol. The second-order valence-electron chi connectivity index (χ2n) is 3.11. The van der Waals surface area contributed by atoms with E-state index < -0.39 is 6.61 Å². The number of aromatic nitrogens is 2. The Bertz CT molecular complexity index is 484. The van der Waals surface area contributed by atoms with Crippen molar-refractivity contribution in [3.63, 3.8) is 0 Å². The summed E-state index contributed by atoms with van der Waals surface area (Å²) in [5.41, 5.74) is 7.32. The number of ether oxygens (including phenoxy) is 1. The predicted octanol–water partition coefficient (Wildman–Crippen LogP) is 2.26. The molecular formula is C10H9F2N3O. The average Bonchev–Trinajstić information content (AvgIpc) is 2.64. The monoisotopic (exact) mass is 225 g/mol. The normalized spacial score (nSPS) is 10.7. The molecule has 0 aliphatic carbocycles. The molecule has 1 aromatic heterocycles. The van der Waals surface area contributed by atoms with Crippen molar-refractivity contribution in [2.75, 3.05) is 5.73 Å². The van der Waals surface area contributed by atoms with Gasteiger partial charge in [-0.2, -0.15) is 13.9 Å². The van der Waals surface area contributed by atoms with Gasteiger partial charge in [-0.1, -0.05) is 12.1 Å². The van der Waals surface area contributed by atoms with Crippen LogP contribution < -0.4 is 10.5 Å². The minimum absolute atomic E-state index is 0.0847. The van der Waals surface area contributed by atoms with E-state index in [4.69, 9.17) is 5.73 Å². The third-order valence-corrected chi connectivity index (χ3v) is 2.02. The van der Waals surface area contributed by atoms with Gasteiger partial charge in [-0.05, 0) is 12.1 Å². The van der Waals surface area contributed by atoms with E-state index in [1.54, 1.807) is 12.1 Å². The molecule has 0 spiro atoms. The van der Waals surface area contributed by atoms with Gasteiger partial charge in [-0.3, -0.25) is 5.10 Å². The molecule has 0 fully saturated rings. The second kappa shape index (κ2) is 4.18. The lowest BCUT2D eigenvalue weighted by molar-refractivity contribution is -0.0498. The van der Waals surface area contributed by atoms with Gasteiger partial charge in [-0.25, -0.2) is 0 Å². The topological polar surface area (TPSA) is 63.9 Å². The summed E-state index contributed by atoms with van der Waals surface area (Å²) < 4.78 is 28.3. The van der Waals surface area contributed by atoms with E-state index in [2.05, 4.69) is 14.9 Å². The lowest BCUT2D eigenvalue weighted by Gasteiger charge is -2.06. The van der Waals surface area contributed by atoms with Crippen molar-refractivity contribution >= 4 is 5.69 Å². The molecule has 0 saturated carbocycles. The number of hydrogen-bond donors (Lipinski definition) is 2. The molecule has 0 saturated heterocycles. The lowest BCUT2D eigenvalue weighted by atomic mass is 10.1. The first-order valence-electron chi connectivity index (χ1n) is 4.51. The number of halogens is 2. The highest BCUT2D eigenvalue weighted by Crippen LogP contribution is 2.26. The summed E-state index contributed by atoms with van der Waals surface area (Å²) >= 11 is 0. The Morgan fingerprint density at radius 1 is 1.38 bits per heavy atom. The van der Waals surface area contributed by atoms with Crippen LogP contribution in [0.4, 0.5) is 14.5 Å². The second-order valence-corrected chi connectivity index (χ2v) is 3.11. The number of hydrogen-bond acceptors (Lipinski definition) is 3. The lowest BCUT2D eigenvalue weighted by Crippen LogP contribution is -2.01. The van der Waals surface area contributed by atoms with Crippen LogP contribution in [0, 0.1) is 0 Å². The van der Waals surface area contributed by atoms with Gasteiger partial charge in [0.15, 0.2) is 0 Å². The standard InChI is InChI=1S/C10H9F2N3O/c11-10(12)16-7-3-1-2-6(4-7)9-8(13)5-14-15-9/h1-5,10H,13H2,(H,14,15). The van der Waals surface area contributed by atoms with Crippen LogP contribution in [0.15, 0.2) is 30.5 Å². The molecule has 0 atom stereocenters. The smallest absolute Gasteiger partial charge is 0.387 e. The van der Waals surface area contributed by atoms with E-state index in [1.807, 2.05) is 0 Å². The molecule has 0 unspecified atom stereocenters. The van der Waals surface area contributed by atoms with Crippen LogP contribution in [0.2, 0.25) is 0 Å². The van der Waals surface area contributed by atoms with Gasteiger partial charge in [0.1, 0.15) is 5.75 Å². The zero-order valence-electron chi connectivity index (χ0n) is 8.15. The number of anilines is 1. The summed E-state index contributed by atoms with van der Waals surface area (Å²) in [6, 6.07) is 6.24. The van der Waals surface area contributed by atoms with Gasteiger partial charge in [0.25, 0.3) is 0 Å². The molecule has 1 heterocycles. The summed E-state index contributed by atoms with van der Waals surface area (Å²) in [5, 5.41) is 6.43. The van der Waals surface area contributed by atoms with Crippen molar-refractivity contribution < 1.29 is 13.5 Å².